The SMILES string of the molecule is CC(C)(CS(C)(=O)=O)c1ccc2c(c1N)Cc1ccccc1-2. The fourth-order valence-corrected chi connectivity index (χ4v) is 5.02. The molecule has 0 aliphatic heterocycles. The summed E-state index contributed by atoms with van der Waals surface area (Å²) in [7, 11) is -3.07. The van der Waals surface area contributed by atoms with Gasteiger partial charge in [0.15, 0.2) is 0 Å². The molecule has 2 aromatic rings. The number of rotatable bonds is 3. The molecule has 0 radical (unpaired) electrons. The minimum atomic E-state index is -3.07. The summed E-state index contributed by atoms with van der Waals surface area (Å²) in [6.45, 7) is 3.88. The minimum absolute atomic E-state index is 0.0932. The van der Waals surface area contributed by atoms with Crippen molar-refractivity contribution in [3.05, 3.63) is 53.1 Å². The lowest BCUT2D eigenvalue weighted by Gasteiger charge is -2.27. The van der Waals surface area contributed by atoms with Crippen molar-refractivity contribution in [2.24, 2.45) is 0 Å². The first kappa shape index (κ1) is 15.1. The van der Waals surface area contributed by atoms with Crippen LogP contribution in [0.4, 0.5) is 5.69 Å². The van der Waals surface area contributed by atoms with E-state index >= 15 is 0 Å². The Bertz CT molecular complexity index is 851. The molecule has 0 heterocycles. The largest absolute Gasteiger partial charge is 0.398 e. The van der Waals surface area contributed by atoms with Crippen molar-refractivity contribution < 1.29 is 8.42 Å². The molecule has 3 nitrogen and oxygen atoms in total. The number of fused-ring (bicyclic) bond motifs is 3. The van der Waals surface area contributed by atoms with E-state index in [1.165, 1.54) is 22.9 Å². The van der Waals surface area contributed by atoms with Gasteiger partial charge >= 0.3 is 0 Å². The molecule has 0 saturated heterocycles. The van der Waals surface area contributed by atoms with Gasteiger partial charge < -0.3 is 5.73 Å². The van der Waals surface area contributed by atoms with E-state index in [-0.39, 0.29) is 5.75 Å². The Morgan fingerprint density at radius 1 is 1.09 bits per heavy atom. The number of benzene rings is 2. The zero-order valence-corrected chi connectivity index (χ0v) is 14.0. The third kappa shape index (κ3) is 2.52. The summed E-state index contributed by atoms with van der Waals surface area (Å²) in [5, 5.41) is 0. The summed E-state index contributed by atoms with van der Waals surface area (Å²) >= 11 is 0. The molecule has 0 aromatic heterocycles. The van der Waals surface area contributed by atoms with E-state index in [0.717, 1.165) is 23.2 Å². The second-order valence-electron chi connectivity index (χ2n) is 6.84. The highest BCUT2D eigenvalue weighted by atomic mass is 32.2. The molecule has 1 aliphatic rings. The van der Waals surface area contributed by atoms with E-state index < -0.39 is 15.3 Å². The number of hydrogen-bond donors (Lipinski definition) is 1. The molecule has 0 amide bonds. The Morgan fingerprint density at radius 3 is 2.45 bits per heavy atom. The number of sulfone groups is 1. The van der Waals surface area contributed by atoms with E-state index in [1.807, 2.05) is 32.0 Å². The van der Waals surface area contributed by atoms with Gasteiger partial charge in [-0.15, -0.1) is 0 Å². The van der Waals surface area contributed by atoms with Gasteiger partial charge in [-0.3, -0.25) is 0 Å². The topological polar surface area (TPSA) is 60.2 Å². The molecule has 0 spiro atoms. The van der Waals surface area contributed by atoms with E-state index in [1.54, 1.807) is 0 Å². The molecule has 22 heavy (non-hydrogen) atoms. The van der Waals surface area contributed by atoms with Crippen LogP contribution in [0.3, 0.4) is 0 Å². The Morgan fingerprint density at radius 2 is 1.77 bits per heavy atom. The highest BCUT2D eigenvalue weighted by molar-refractivity contribution is 7.90. The predicted molar refractivity (Wildman–Crippen MR) is 91.8 cm³/mol. The molecule has 0 bridgehead atoms. The molecule has 0 fully saturated rings. The van der Waals surface area contributed by atoms with Gasteiger partial charge in [0.05, 0.1) is 5.75 Å². The van der Waals surface area contributed by atoms with Gasteiger partial charge in [0.1, 0.15) is 9.84 Å². The molecular formula is C18H21NO2S. The summed E-state index contributed by atoms with van der Waals surface area (Å²) in [5.41, 5.74) is 12.4. The minimum Gasteiger partial charge on any atom is -0.398 e. The molecule has 0 saturated carbocycles. The molecule has 2 aromatic carbocycles. The fourth-order valence-electron chi connectivity index (χ4n) is 3.56. The third-order valence-corrected chi connectivity index (χ3v) is 5.63. The van der Waals surface area contributed by atoms with Crippen molar-refractivity contribution in [1.82, 2.24) is 0 Å². The van der Waals surface area contributed by atoms with Gasteiger partial charge in [0, 0.05) is 23.8 Å². The monoisotopic (exact) mass is 315 g/mol. The first-order chi connectivity index (χ1) is 10.2. The van der Waals surface area contributed by atoms with Crippen LogP contribution in [0.5, 0.6) is 0 Å². The highest BCUT2D eigenvalue weighted by Gasteiger charge is 2.30. The molecule has 2 N–H and O–H groups in total. The van der Waals surface area contributed by atoms with Gasteiger partial charge in [0.25, 0.3) is 0 Å². The molecule has 0 atom stereocenters. The quantitative estimate of drug-likeness (QED) is 0.755. The zero-order chi connectivity index (χ0) is 16.1. The van der Waals surface area contributed by atoms with E-state index in [9.17, 15) is 8.42 Å². The number of hydrogen-bond acceptors (Lipinski definition) is 3. The van der Waals surface area contributed by atoms with Crippen molar-refractivity contribution in [3.8, 4) is 11.1 Å². The van der Waals surface area contributed by atoms with E-state index in [4.69, 9.17) is 5.73 Å². The van der Waals surface area contributed by atoms with Gasteiger partial charge in [-0.2, -0.15) is 0 Å². The van der Waals surface area contributed by atoms with Crippen LogP contribution in [-0.4, -0.2) is 20.4 Å². The lowest BCUT2D eigenvalue weighted by molar-refractivity contribution is 0.553. The van der Waals surface area contributed by atoms with Crippen LogP contribution in [0.25, 0.3) is 11.1 Å². The van der Waals surface area contributed by atoms with Crippen LogP contribution in [0.2, 0.25) is 0 Å². The van der Waals surface area contributed by atoms with Crippen LogP contribution in [0.15, 0.2) is 36.4 Å². The Balaban J connectivity index is 2.10. The predicted octanol–water partition coefficient (Wildman–Crippen LogP) is 3.16. The Kier molecular flexibility index (Phi) is 3.33. The fraction of sp³-hybridized carbons (Fsp3) is 0.333. The van der Waals surface area contributed by atoms with E-state index in [0.29, 0.717) is 0 Å². The summed E-state index contributed by atoms with van der Waals surface area (Å²) in [5.74, 6) is 0.0932. The van der Waals surface area contributed by atoms with Crippen LogP contribution in [0.1, 0.15) is 30.5 Å². The maximum atomic E-state index is 11.7. The number of anilines is 1. The lowest BCUT2D eigenvalue weighted by Crippen LogP contribution is -2.29. The maximum Gasteiger partial charge on any atom is 0.148 e. The molecule has 116 valence electrons. The molecule has 3 rings (SSSR count). The Hall–Kier alpha value is -1.81. The first-order valence-corrected chi connectivity index (χ1v) is 9.43. The average molecular weight is 315 g/mol. The van der Waals surface area contributed by atoms with Crippen molar-refractivity contribution >= 4 is 15.5 Å². The third-order valence-electron chi connectivity index (χ3n) is 4.38. The average Bonchev–Trinajstić information content (AvgIpc) is 2.76. The summed E-state index contributed by atoms with van der Waals surface area (Å²) in [6.07, 6.45) is 2.09. The van der Waals surface area contributed by atoms with Gasteiger partial charge in [-0.25, -0.2) is 8.42 Å². The molecule has 0 unspecified atom stereocenters. The summed E-state index contributed by atoms with van der Waals surface area (Å²) in [6, 6.07) is 12.4. The molecular weight excluding hydrogens is 294 g/mol. The van der Waals surface area contributed by atoms with Crippen LogP contribution in [-0.2, 0) is 21.7 Å². The number of nitrogens with two attached hydrogens (primary N) is 1. The van der Waals surface area contributed by atoms with Gasteiger partial charge in [0.2, 0.25) is 0 Å². The van der Waals surface area contributed by atoms with Gasteiger partial charge in [-0.05, 0) is 27.8 Å². The Labute approximate surface area is 132 Å². The van der Waals surface area contributed by atoms with Crippen molar-refractivity contribution in [1.29, 1.82) is 0 Å². The van der Waals surface area contributed by atoms with Crippen LogP contribution < -0.4 is 5.73 Å². The summed E-state index contributed by atoms with van der Waals surface area (Å²) in [4.78, 5) is 0. The lowest BCUT2D eigenvalue weighted by atomic mass is 9.83. The van der Waals surface area contributed by atoms with Crippen molar-refractivity contribution in [3.63, 3.8) is 0 Å². The van der Waals surface area contributed by atoms with E-state index in [2.05, 4.69) is 18.2 Å². The molecule has 4 heteroatoms. The standard InChI is InChI=1S/C18H21NO2S/c1-18(2,11-22(3,20)21)16-9-8-14-13-7-5-4-6-12(13)10-15(14)17(16)19/h4-9H,10-11,19H2,1-3H3. The highest BCUT2D eigenvalue weighted by Crippen LogP contribution is 2.43. The zero-order valence-electron chi connectivity index (χ0n) is 13.2. The van der Waals surface area contributed by atoms with Crippen LogP contribution in [0, 0.1) is 0 Å². The number of nitrogen functional groups attached to an aromatic ring is 1. The second-order valence-corrected chi connectivity index (χ2v) is 8.98. The smallest absolute Gasteiger partial charge is 0.148 e. The normalized spacial score (nSPS) is 13.8. The van der Waals surface area contributed by atoms with Crippen LogP contribution >= 0.6 is 0 Å². The van der Waals surface area contributed by atoms with Crippen molar-refractivity contribution in [2.45, 2.75) is 25.7 Å². The second kappa shape index (κ2) is 4.85. The summed E-state index contributed by atoms with van der Waals surface area (Å²) < 4.78 is 23.4. The first-order valence-electron chi connectivity index (χ1n) is 7.37. The van der Waals surface area contributed by atoms with Gasteiger partial charge in [-0.1, -0.05) is 50.2 Å². The maximum absolute atomic E-state index is 11.7. The van der Waals surface area contributed by atoms with Crippen molar-refractivity contribution in [2.75, 3.05) is 17.7 Å². The molecule has 1 aliphatic carbocycles.